The van der Waals surface area contributed by atoms with E-state index in [0.29, 0.717) is 32.7 Å². The molecule has 1 aromatic heterocycles. The second-order valence-electron chi connectivity index (χ2n) is 7.53. The minimum atomic E-state index is -0.434. The molecular weight excluding hydrogens is 447 g/mol. The first-order chi connectivity index (χ1) is 15.2. The summed E-state index contributed by atoms with van der Waals surface area (Å²) in [7, 11) is 1.57. The van der Waals surface area contributed by atoms with Crippen LogP contribution >= 0.6 is 24.0 Å². The molecule has 0 spiro atoms. The molecule has 6 nitrogen and oxygen atoms in total. The molecule has 0 bridgehead atoms. The molecule has 1 aliphatic rings. The van der Waals surface area contributed by atoms with Crippen LogP contribution in [0.25, 0.3) is 6.08 Å². The molecule has 1 aliphatic heterocycles. The third kappa shape index (κ3) is 4.47. The lowest BCUT2D eigenvalue weighted by atomic mass is 10.0. The highest BCUT2D eigenvalue weighted by Crippen LogP contribution is 2.36. The van der Waals surface area contributed by atoms with E-state index in [1.165, 1.54) is 28.5 Å². The Kier molecular flexibility index (Phi) is 7.16. The van der Waals surface area contributed by atoms with Gasteiger partial charge in [-0.05, 0) is 49.6 Å². The second kappa shape index (κ2) is 9.67. The Morgan fingerprint density at radius 3 is 2.56 bits per heavy atom. The van der Waals surface area contributed by atoms with Crippen LogP contribution in [0.4, 0.5) is 10.2 Å². The minimum absolute atomic E-state index is 0.0171. The van der Waals surface area contributed by atoms with Crippen molar-refractivity contribution >= 4 is 46.1 Å². The Morgan fingerprint density at radius 1 is 1.31 bits per heavy atom. The monoisotopic (exact) mass is 470 g/mol. The number of hydrogen-bond donors (Lipinski definition) is 1. The lowest BCUT2D eigenvalue weighted by molar-refractivity contribution is -0.123. The van der Waals surface area contributed by atoms with Crippen molar-refractivity contribution in [3.05, 3.63) is 67.6 Å². The van der Waals surface area contributed by atoms with Crippen molar-refractivity contribution in [2.45, 2.75) is 39.8 Å². The molecule has 166 valence electrons. The molecule has 2 heterocycles. The Hall–Kier alpha value is -2.96. The van der Waals surface area contributed by atoms with Gasteiger partial charge in [0.15, 0.2) is 0 Å². The van der Waals surface area contributed by atoms with E-state index in [9.17, 15) is 19.2 Å². The zero-order chi connectivity index (χ0) is 23.6. The van der Waals surface area contributed by atoms with Crippen molar-refractivity contribution in [1.82, 2.24) is 9.47 Å². The highest BCUT2D eigenvalue weighted by Gasteiger charge is 2.35. The molecule has 1 N–H and O–H groups in total. The van der Waals surface area contributed by atoms with Gasteiger partial charge in [-0.25, -0.2) is 4.39 Å². The van der Waals surface area contributed by atoms with Gasteiger partial charge >= 0.3 is 0 Å². The van der Waals surface area contributed by atoms with Crippen molar-refractivity contribution in [1.29, 1.82) is 5.26 Å². The van der Waals surface area contributed by atoms with Crippen LogP contribution < -0.4 is 10.9 Å². The topological polar surface area (TPSA) is 78.1 Å². The maximum atomic E-state index is 13.2. The Balaban J connectivity index is 2.09. The number of thioether (sulfide) groups is 1. The first-order valence-corrected chi connectivity index (χ1v) is 11.3. The van der Waals surface area contributed by atoms with Crippen LogP contribution in [0.5, 0.6) is 0 Å². The maximum Gasteiger partial charge on any atom is 0.270 e. The number of anilines is 1. The van der Waals surface area contributed by atoms with Gasteiger partial charge in [0, 0.05) is 25.2 Å². The van der Waals surface area contributed by atoms with Gasteiger partial charge in [-0.15, -0.1) is 0 Å². The summed E-state index contributed by atoms with van der Waals surface area (Å²) in [6.07, 6.45) is 2.45. The van der Waals surface area contributed by atoms with E-state index in [-0.39, 0.29) is 23.3 Å². The molecule has 1 aromatic carbocycles. The molecule has 0 radical (unpaired) electrons. The highest BCUT2D eigenvalue weighted by molar-refractivity contribution is 8.26. The molecule has 1 atom stereocenters. The van der Waals surface area contributed by atoms with Crippen molar-refractivity contribution in [3.63, 3.8) is 0 Å². The van der Waals surface area contributed by atoms with Crippen LogP contribution in [0.3, 0.4) is 0 Å². The van der Waals surface area contributed by atoms with Gasteiger partial charge in [-0.1, -0.05) is 43.0 Å². The Bertz CT molecular complexity index is 1210. The Labute approximate surface area is 195 Å². The van der Waals surface area contributed by atoms with Crippen molar-refractivity contribution < 1.29 is 9.18 Å². The van der Waals surface area contributed by atoms with Crippen LogP contribution in [0, 0.1) is 24.1 Å². The third-order valence-corrected chi connectivity index (χ3v) is 6.83. The molecule has 9 heteroatoms. The maximum absolute atomic E-state index is 13.2. The number of rotatable bonds is 6. The average Bonchev–Trinajstić information content (AvgIpc) is 3.05. The number of nitrogens with one attached hydrogen (secondary N) is 1. The number of hydrogen-bond acceptors (Lipinski definition) is 6. The third-order valence-electron chi connectivity index (χ3n) is 5.50. The number of nitrogens with zero attached hydrogens (tertiary/aromatic N) is 3. The predicted octanol–water partition coefficient (Wildman–Crippen LogP) is 4.32. The lowest BCUT2D eigenvalue weighted by Crippen LogP contribution is -2.36. The van der Waals surface area contributed by atoms with Gasteiger partial charge in [0.05, 0.1) is 4.91 Å². The fourth-order valence-corrected chi connectivity index (χ4v) is 4.85. The van der Waals surface area contributed by atoms with Gasteiger partial charge in [0.25, 0.3) is 11.5 Å². The summed E-state index contributed by atoms with van der Waals surface area (Å²) in [6, 6.07) is 7.96. The van der Waals surface area contributed by atoms with Gasteiger partial charge in [0.1, 0.15) is 27.6 Å². The van der Waals surface area contributed by atoms with Crippen molar-refractivity contribution in [3.8, 4) is 6.07 Å². The summed E-state index contributed by atoms with van der Waals surface area (Å²) in [5.74, 6) is -0.0605. The summed E-state index contributed by atoms with van der Waals surface area (Å²) in [4.78, 5) is 27.8. The molecule has 1 saturated heterocycles. The van der Waals surface area contributed by atoms with Crippen molar-refractivity contribution in [2.75, 3.05) is 5.32 Å². The van der Waals surface area contributed by atoms with Crippen LogP contribution in [-0.4, -0.2) is 25.7 Å². The lowest BCUT2D eigenvalue weighted by Gasteiger charge is -2.21. The van der Waals surface area contributed by atoms with E-state index in [4.69, 9.17) is 12.2 Å². The van der Waals surface area contributed by atoms with E-state index in [2.05, 4.69) is 5.32 Å². The predicted molar refractivity (Wildman–Crippen MR) is 130 cm³/mol. The van der Waals surface area contributed by atoms with Gasteiger partial charge < -0.3 is 5.32 Å². The number of benzene rings is 1. The first kappa shape index (κ1) is 23.7. The van der Waals surface area contributed by atoms with Crippen LogP contribution in [-0.2, 0) is 18.4 Å². The quantitative estimate of drug-likeness (QED) is 0.501. The average molecular weight is 471 g/mol. The summed E-state index contributed by atoms with van der Waals surface area (Å²) in [5.41, 5.74) is 1.44. The molecule has 2 aromatic rings. The number of carbonyl (C=O) groups is 1. The fraction of sp³-hybridized carbons (Fsp3) is 0.304. The number of thiocarbonyl (C=S) groups is 1. The van der Waals surface area contributed by atoms with Crippen LogP contribution in [0.15, 0.2) is 34.0 Å². The van der Waals surface area contributed by atoms with E-state index >= 15 is 0 Å². The smallest absolute Gasteiger partial charge is 0.270 e. The molecular formula is C23H23FN4O2S2. The molecule has 3 rings (SSSR count). The first-order valence-electron chi connectivity index (χ1n) is 10.1. The van der Waals surface area contributed by atoms with E-state index < -0.39 is 5.56 Å². The molecule has 0 aliphatic carbocycles. The number of pyridine rings is 1. The van der Waals surface area contributed by atoms with Gasteiger partial charge in [-0.2, -0.15) is 5.26 Å². The van der Waals surface area contributed by atoms with Crippen LogP contribution in [0.2, 0.25) is 0 Å². The highest BCUT2D eigenvalue weighted by atomic mass is 32.2. The second-order valence-corrected chi connectivity index (χ2v) is 9.20. The molecule has 32 heavy (non-hydrogen) atoms. The fourth-order valence-electron chi connectivity index (χ4n) is 3.41. The minimum Gasteiger partial charge on any atom is -0.367 e. The SMILES string of the molecule is CCC(C)N1C(=O)/C(=C\c2c(C)c(C#N)c(=O)n(C)c2NCc2ccc(F)cc2)SC1=S. The zero-order valence-electron chi connectivity index (χ0n) is 18.2. The van der Waals surface area contributed by atoms with E-state index in [0.717, 1.165) is 12.0 Å². The molecule has 1 fully saturated rings. The van der Waals surface area contributed by atoms with Gasteiger partial charge in [0.2, 0.25) is 0 Å². The largest absolute Gasteiger partial charge is 0.367 e. The van der Waals surface area contributed by atoms with Gasteiger partial charge in [-0.3, -0.25) is 19.1 Å². The normalized spacial score (nSPS) is 15.9. The summed E-state index contributed by atoms with van der Waals surface area (Å²) in [6.45, 7) is 5.94. The van der Waals surface area contributed by atoms with Crippen LogP contribution in [0.1, 0.15) is 42.5 Å². The molecule has 1 amide bonds. The number of carbonyl (C=O) groups excluding carboxylic acids is 1. The van der Waals surface area contributed by atoms with E-state index in [1.54, 1.807) is 37.1 Å². The zero-order valence-corrected chi connectivity index (χ0v) is 19.9. The summed E-state index contributed by atoms with van der Waals surface area (Å²) >= 11 is 6.62. The Morgan fingerprint density at radius 2 is 1.97 bits per heavy atom. The van der Waals surface area contributed by atoms with Crippen molar-refractivity contribution in [2.24, 2.45) is 7.05 Å². The summed E-state index contributed by atoms with van der Waals surface area (Å²) in [5, 5.41) is 12.7. The summed E-state index contributed by atoms with van der Waals surface area (Å²) < 4.78 is 15.1. The number of halogens is 1. The molecule has 0 saturated carbocycles. The number of aromatic nitrogens is 1. The standard InChI is InChI=1S/C23H23FN4O2S2/c1-5-13(2)28-22(30)19(32-23(28)31)10-17-14(3)18(11-25)21(29)27(4)20(17)26-12-15-6-8-16(24)9-7-15/h6-10,13,26H,5,12H2,1-4H3/b19-10+. The molecule has 1 unspecified atom stereocenters. The number of amides is 1. The van der Waals surface area contributed by atoms with E-state index in [1.807, 2.05) is 19.9 Å². The number of nitriles is 1.